The molecular weight excluding hydrogens is 438 g/mol. The SMILES string of the molecule is COc1ccc(N2CCCN(C(=O)c3ccc(NS(=O)(=O)c4ccccc4)cc3)CC2)cc1. The Morgan fingerprint density at radius 3 is 2.21 bits per heavy atom. The van der Waals surface area contributed by atoms with Gasteiger partial charge in [0.2, 0.25) is 0 Å². The van der Waals surface area contributed by atoms with E-state index in [9.17, 15) is 13.2 Å². The number of nitrogens with zero attached hydrogens (tertiary/aromatic N) is 2. The highest BCUT2D eigenvalue weighted by atomic mass is 32.2. The summed E-state index contributed by atoms with van der Waals surface area (Å²) in [7, 11) is -2.02. The summed E-state index contributed by atoms with van der Waals surface area (Å²) in [6.07, 6.45) is 0.868. The molecule has 3 aromatic rings. The van der Waals surface area contributed by atoms with Gasteiger partial charge in [0.25, 0.3) is 15.9 Å². The van der Waals surface area contributed by atoms with Crippen LogP contribution >= 0.6 is 0 Å². The first-order chi connectivity index (χ1) is 16.0. The molecular formula is C25H27N3O4S. The van der Waals surface area contributed by atoms with Crippen molar-refractivity contribution in [2.24, 2.45) is 0 Å². The van der Waals surface area contributed by atoms with Crippen LogP contribution in [-0.4, -0.2) is 52.5 Å². The molecule has 1 fully saturated rings. The largest absolute Gasteiger partial charge is 0.497 e. The second kappa shape index (κ2) is 9.95. The van der Waals surface area contributed by atoms with Gasteiger partial charge in [-0.1, -0.05) is 18.2 Å². The van der Waals surface area contributed by atoms with E-state index in [0.29, 0.717) is 24.3 Å². The molecule has 33 heavy (non-hydrogen) atoms. The van der Waals surface area contributed by atoms with Gasteiger partial charge in [-0.15, -0.1) is 0 Å². The molecule has 0 saturated carbocycles. The molecule has 7 nitrogen and oxygen atoms in total. The highest BCUT2D eigenvalue weighted by Gasteiger charge is 2.21. The maximum absolute atomic E-state index is 13.0. The predicted molar refractivity (Wildman–Crippen MR) is 129 cm³/mol. The van der Waals surface area contributed by atoms with Crippen LogP contribution in [0.3, 0.4) is 0 Å². The molecule has 172 valence electrons. The number of rotatable bonds is 6. The number of hydrogen-bond donors (Lipinski definition) is 1. The molecule has 1 heterocycles. The Labute approximate surface area is 194 Å². The van der Waals surface area contributed by atoms with Crippen LogP contribution in [0.1, 0.15) is 16.8 Å². The van der Waals surface area contributed by atoms with Gasteiger partial charge in [0, 0.05) is 43.1 Å². The van der Waals surface area contributed by atoms with Crippen molar-refractivity contribution in [3.63, 3.8) is 0 Å². The number of anilines is 2. The third kappa shape index (κ3) is 5.46. The minimum Gasteiger partial charge on any atom is -0.497 e. The molecule has 1 aliphatic heterocycles. The van der Waals surface area contributed by atoms with E-state index < -0.39 is 10.0 Å². The Morgan fingerprint density at radius 1 is 0.848 bits per heavy atom. The summed E-state index contributed by atoms with van der Waals surface area (Å²) in [5, 5.41) is 0. The first-order valence-corrected chi connectivity index (χ1v) is 12.3. The van der Waals surface area contributed by atoms with Crippen molar-refractivity contribution < 1.29 is 17.9 Å². The molecule has 0 aromatic heterocycles. The lowest BCUT2D eigenvalue weighted by molar-refractivity contribution is 0.0767. The van der Waals surface area contributed by atoms with Crippen molar-refractivity contribution in [3.05, 3.63) is 84.4 Å². The van der Waals surface area contributed by atoms with Gasteiger partial charge in [-0.3, -0.25) is 9.52 Å². The first kappa shape index (κ1) is 22.7. The van der Waals surface area contributed by atoms with E-state index in [2.05, 4.69) is 9.62 Å². The quantitative estimate of drug-likeness (QED) is 0.598. The van der Waals surface area contributed by atoms with Crippen LogP contribution in [-0.2, 0) is 10.0 Å². The minimum atomic E-state index is -3.67. The normalized spacial score (nSPS) is 14.5. The Kier molecular flexibility index (Phi) is 6.84. The Balaban J connectivity index is 1.39. The number of benzene rings is 3. The van der Waals surface area contributed by atoms with Crippen molar-refractivity contribution in [2.45, 2.75) is 11.3 Å². The van der Waals surface area contributed by atoms with Crippen molar-refractivity contribution in [1.29, 1.82) is 0 Å². The van der Waals surface area contributed by atoms with Gasteiger partial charge in [-0.2, -0.15) is 0 Å². The molecule has 1 saturated heterocycles. The number of carbonyl (C=O) groups is 1. The minimum absolute atomic E-state index is 0.0518. The van der Waals surface area contributed by atoms with Crippen LogP contribution in [0.5, 0.6) is 5.75 Å². The average molecular weight is 466 g/mol. The molecule has 0 spiro atoms. The van der Waals surface area contributed by atoms with Crippen LogP contribution in [0.25, 0.3) is 0 Å². The molecule has 0 unspecified atom stereocenters. The summed E-state index contributed by atoms with van der Waals surface area (Å²) in [5.41, 5.74) is 2.06. The van der Waals surface area contributed by atoms with Crippen molar-refractivity contribution in [2.75, 3.05) is 42.9 Å². The standard InChI is InChI=1S/C25H27N3O4S/c1-32-23-14-12-22(13-15-23)27-16-5-17-28(19-18-27)25(29)20-8-10-21(11-9-20)26-33(30,31)24-6-3-2-4-7-24/h2-4,6-15,26H,5,16-19H2,1H3. The van der Waals surface area contributed by atoms with Crippen molar-refractivity contribution in [1.82, 2.24) is 4.90 Å². The lowest BCUT2D eigenvalue weighted by Crippen LogP contribution is -2.35. The predicted octanol–water partition coefficient (Wildman–Crippen LogP) is 3.85. The molecule has 1 N–H and O–H groups in total. The second-order valence-corrected chi connectivity index (χ2v) is 9.51. The van der Waals surface area contributed by atoms with Crippen LogP contribution in [0.2, 0.25) is 0 Å². The number of methoxy groups -OCH3 is 1. The smallest absolute Gasteiger partial charge is 0.261 e. The molecule has 0 atom stereocenters. The fraction of sp³-hybridized carbons (Fsp3) is 0.240. The number of carbonyl (C=O) groups excluding carboxylic acids is 1. The number of sulfonamides is 1. The third-order valence-electron chi connectivity index (χ3n) is 5.66. The summed E-state index contributed by atoms with van der Waals surface area (Å²) >= 11 is 0. The number of ether oxygens (including phenoxy) is 1. The zero-order valence-corrected chi connectivity index (χ0v) is 19.3. The maximum Gasteiger partial charge on any atom is 0.261 e. The Bertz CT molecular complexity index is 1180. The van der Waals surface area contributed by atoms with Crippen LogP contribution in [0.4, 0.5) is 11.4 Å². The molecule has 8 heteroatoms. The summed E-state index contributed by atoms with van der Waals surface area (Å²) < 4.78 is 32.8. The van der Waals surface area contributed by atoms with Gasteiger partial charge >= 0.3 is 0 Å². The Morgan fingerprint density at radius 2 is 1.55 bits per heavy atom. The van der Waals surface area contributed by atoms with Gasteiger partial charge in [0.15, 0.2) is 0 Å². The van der Waals surface area contributed by atoms with E-state index in [-0.39, 0.29) is 10.8 Å². The van der Waals surface area contributed by atoms with E-state index in [1.165, 1.54) is 12.1 Å². The van der Waals surface area contributed by atoms with Crippen molar-refractivity contribution in [3.8, 4) is 5.75 Å². The van der Waals surface area contributed by atoms with Gasteiger partial charge in [0.1, 0.15) is 5.75 Å². The molecule has 4 rings (SSSR count). The lowest BCUT2D eigenvalue weighted by atomic mass is 10.2. The van der Waals surface area contributed by atoms with E-state index in [4.69, 9.17) is 4.74 Å². The van der Waals surface area contributed by atoms with Crippen LogP contribution in [0, 0.1) is 0 Å². The van der Waals surface area contributed by atoms with E-state index in [0.717, 1.165) is 30.9 Å². The van der Waals surface area contributed by atoms with Gasteiger partial charge < -0.3 is 14.5 Å². The fourth-order valence-corrected chi connectivity index (χ4v) is 4.93. The van der Waals surface area contributed by atoms with Gasteiger partial charge in [0.05, 0.1) is 12.0 Å². The molecule has 0 bridgehead atoms. The average Bonchev–Trinajstić information content (AvgIpc) is 3.11. The van der Waals surface area contributed by atoms with E-state index in [1.807, 2.05) is 29.2 Å². The summed E-state index contributed by atoms with van der Waals surface area (Å²) in [5.74, 6) is 0.768. The number of nitrogens with one attached hydrogen (secondary N) is 1. The van der Waals surface area contributed by atoms with Gasteiger partial charge in [-0.25, -0.2) is 8.42 Å². The van der Waals surface area contributed by atoms with Crippen molar-refractivity contribution >= 4 is 27.3 Å². The molecule has 0 aliphatic carbocycles. The summed E-state index contributed by atoms with van der Waals surface area (Å²) in [6.45, 7) is 2.91. The van der Waals surface area contributed by atoms with E-state index >= 15 is 0 Å². The molecule has 0 radical (unpaired) electrons. The second-order valence-electron chi connectivity index (χ2n) is 7.83. The Hall–Kier alpha value is -3.52. The zero-order valence-electron chi connectivity index (χ0n) is 18.5. The highest BCUT2D eigenvalue weighted by Crippen LogP contribution is 2.22. The lowest BCUT2D eigenvalue weighted by Gasteiger charge is -2.24. The highest BCUT2D eigenvalue weighted by molar-refractivity contribution is 7.92. The van der Waals surface area contributed by atoms with E-state index in [1.54, 1.807) is 49.6 Å². The number of hydrogen-bond acceptors (Lipinski definition) is 5. The van der Waals surface area contributed by atoms with Crippen LogP contribution in [0.15, 0.2) is 83.8 Å². The maximum atomic E-state index is 13.0. The number of amides is 1. The topological polar surface area (TPSA) is 79.0 Å². The summed E-state index contributed by atoms with van der Waals surface area (Å²) in [6, 6.07) is 22.7. The molecule has 1 aliphatic rings. The molecule has 1 amide bonds. The summed E-state index contributed by atoms with van der Waals surface area (Å²) in [4.78, 5) is 17.4. The van der Waals surface area contributed by atoms with Gasteiger partial charge in [-0.05, 0) is 67.1 Å². The monoisotopic (exact) mass is 465 g/mol. The first-order valence-electron chi connectivity index (χ1n) is 10.8. The van der Waals surface area contributed by atoms with Crippen LogP contribution < -0.4 is 14.4 Å². The fourth-order valence-electron chi connectivity index (χ4n) is 3.85. The third-order valence-corrected chi connectivity index (χ3v) is 7.06. The molecule has 3 aromatic carbocycles. The zero-order chi connectivity index (χ0) is 23.3.